The van der Waals surface area contributed by atoms with Crippen molar-refractivity contribution in [1.82, 2.24) is 9.97 Å². The van der Waals surface area contributed by atoms with Gasteiger partial charge in [-0.1, -0.05) is 11.6 Å². The smallest absolute Gasteiger partial charge is 0.239 e. The number of ether oxygens (including phenoxy) is 1. The first-order valence-electron chi connectivity index (χ1n) is 5.66. The number of hydrogen-bond acceptors (Lipinski definition) is 7. The highest BCUT2D eigenvalue weighted by Gasteiger charge is 2.29. The lowest BCUT2D eigenvalue weighted by Crippen LogP contribution is -2.42. The zero-order valence-corrected chi connectivity index (χ0v) is 10.6. The summed E-state index contributed by atoms with van der Waals surface area (Å²) in [5.74, 6) is 5.93. The fourth-order valence-corrected chi connectivity index (χ4v) is 1.89. The van der Waals surface area contributed by atoms with Gasteiger partial charge in [-0.25, -0.2) is 10.8 Å². The van der Waals surface area contributed by atoms with E-state index in [-0.39, 0.29) is 5.95 Å². The second-order valence-corrected chi connectivity index (χ2v) is 4.63. The molecule has 0 saturated carbocycles. The molecular weight excluding hydrogens is 258 g/mol. The van der Waals surface area contributed by atoms with E-state index < -0.39 is 5.60 Å². The molecule has 5 N–H and O–H groups in total. The third-order valence-electron chi connectivity index (χ3n) is 2.88. The largest absolute Gasteiger partial charge is 0.388 e. The van der Waals surface area contributed by atoms with Crippen molar-refractivity contribution in [3.05, 3.63) is 11.2 Å². The van der Waals surface area contributed by atoms with E-state index in [2.05, 4.69) is 20.7 Å². The molecule has 1 aromatic heterocycles. The Morgan fingerprint density at radius 2 is 2.22 bits per heavy atom. The number of hydrogen-bond donors (Lipinski definition) is 4. The van der Waals surface area contributed by atoms with Crippen LogP contribution in [-0.4, -0.2) is 40.4 Å². The number of rotatable bonds is 4. The number of nitrogens with one attached hydrogen (secondary N) is 2. The number of hydrazine groups is 1. The Morgan fingerprint density at radius 1 is 1.50 bits per heavy atom. The molecule has 0 atom stereocenters. The molecule has 1 aromatic rings. The molecule has 100 valence electrons. The van der Waals surface area contributed by atoms with Gasteiger partial charge in [0.25, 0.3) is 0 Å². The Kier molecular flexibility index (Phi) is 4.18. The molecule has 0 aromatic carbocycles. The fourth-order valence-electron chi connectivity index (χ4n) is 1.74. The highest BCUT2D eigenvalue weighted by molar-refractivity contribution is 6.32. The first-order chi connectivity index (χ1) is 8.63. The van der Waals surface area contributed by atoms with Crippen LogP contribution in [0, 0.1) is 0 Å². The summed E-state index contributed by atoms with van der Waals surface area (Å²) in [7, 11) is 0. The van der Waals surface area contributed by atoms with Gasteiger partial charge in [-0.05, 0) is 0 Å². The van der Waals surface area contributed by atoms with Crippen LogP contribution in [0.3, 0.4) is 0 Å². The molecule has 0 aliphatic carbocycles. The molecule has 2 heterocycles. The molecule has 0 unspecified atom stereocenters. The topological polar surface area (TPSA) is 105 Å². The predicted molar refractivity (Wildman–Crippen MR) is 68.3 cm³/mol. The van der Waals surface area contributed by atoms with Gasteiger partial charge < -0.3 is 15.2 Å². The van der Waals surface area contributed by atoms with Gasteiger partial charge in [0.15, 0.2) is 5.82 Å². The monoisotopic (exact) mass is 273 g/mol. The highest BCUT2D eigenvalue weighted by Crippen LogP contribution is 2.24. The number of nitrogens with two attached hydrogens (primary N) is 1. The van der Waals surface area contributed by atoms with Gasteiger partial charge in [0.1, 0.15) is 5.02 Å². The van der Waals surface area contributed by atoms with Gasteiger partial charge >= 0.3 is 0 Å². The quantitative estimate of drug-likeness (QED) is 0.464. The minimum Gasteiger partial charge on any atom is -0.388 e. The molecule has 0 amide bonds. The van der Waals surface area contributed by atoms with Crippen LogP contribution in [0.25, 0.3) is 0 Å². The van der Waals surface area contributed by atoms with Gasteiger partial charge in [0.2, 0.25) is 5.95 Å². The molecule has 7 nitrogen and oxygen atoms in total. The maximum atomic E-state index is 10.3. The molecular formula is C10H16ClN5O2. The molecule has 0 bridgehead atoms. The Morgan fingerprint density at radius 3 is 2.89 bits per heavy atom. The molecule has 8 heteroatoms. The standard InChI is InChI=1S/C10H16ClN5O2/c11-7-5-13-9(16-12)15-8(7)14-6-10(17)1-3-18-4-2-10/h5,17H,1-4,6,12H2,(H2,13,14,15,16). The van der Waals surface area contributed by atoms with E-state index in [0.717, 1.165) is 0 Å². The Labute approximate surface area is 110 Å². The molecule has 1 aliphatic heterocycles. The lowest BCUT2D eigenvalue weighted by molar-refractivity contribution is -0.0543. The predicted octanol–water partition coefficient (Wildman–Crippen LogP) is 0.369. The lowest BCUT2D eigenvalue weighted by Gasteiger charge is -2.32. The summed E-state index contributed by atoms with van der Waals surface area (Å²) >= 11 is 5.95. The minimum absolute atomic E-state index is 0.265. The molecule has 18 heavy (non-hydrogen) atoms. The third-order valence-corrected chi connectivity index (χ3v) is 3.16. The van der Waals surface area contributed by atoms with Crippen molar-refractivity contribution in [3.8, 4) is 0 Å². The molecule has 1 aliphatic rings. The van der Waals surface area contributed by atoms with Gasteiger partial charge in [-0.3, -0.25) is 5.43 Å². The molecule has 1 fully saturated rings. The minimum atomic E-state index is -0.789. The van der Waals surface area contributed by atoms with Crippen LogP contribution in [-0.2, 0) is 4.74 Å². The normalized spacial score (nSPS) is 18.4. The first-order valence-corrected chi connectivity index (χ1v) is 6.04. The number of halogens is 1. The van der Waals surface area contributed by atoms with Crippen LogP contribution in [0.15, 0.2) is 6.20 Å². The SMILES string of the molecule is NNc1ncc(Cl)c(NCC2(O)CCOCC2)n1. The summed E-state index contributed by atoms with van der Waals surface area (Å²) < 4.78 is 5.21. The van der Waals surface area contributed by atoms with E-state index in [1.807, 2.05) is 0 Å². The van der Waals surface area contributed by atoms with Crippen LogP contribution in [0.5, 0.6) is 0 Å². The van der Waals surface area contributed by atoms with Crippen LogP contribution in [0.4, 0.5) is 11.8 Å². The van der Waals surface area contributed by atoms with Crippen molar-refractivity contribution in [2.75, 3.05) is 30.5 Å². The van der Waals surface area contributed by atoms with E-state index in [0.29, 0.717) is 43.4 Å². The maximum absolute atomic E-state index is 10.3. The third kappa shape index (κ3) is 3.20. The summed E-state index contributed by atoms with van der Waals surface area (Å²) in [4.78, 5) is 7.94. The zero-order valence-electron chi connectivity index (χ0n) is 9.82. The summed E-state index contributed by atoms with van der Waals surface area (Å²) in [6.07, 6.45) is 2.62. The first kappa shape index (κ1) is 13.3. The van der Waals surface area contributed by atoms with E-state index in [1.165, 1.54) is 6.20 Å². The van der Waals surface area contributed by atoms with Crippen molar-refractivity contribution in [3.63, 3.8) is 0 Å². The van der Waals surface area contributed by atoms with Crippen molar-refractivity contribution >= 4 is 23.4 Å². The molecule has 0 radical (unpaired) electrons. The summed E-state index contributed by atoms with van der Waals surface area (Å²) in [6, 6.07) is 0. The van der Waals surface area contributed by atoms with Gasteiger partial charge in [0.05, 0.1) is 11.8 Å². The van der Waals surface area contributed by atoms with E-state index in [1.54, 1.807) is 0 Å². The molecule has 1 saturated heterocycles. The van der Waals surface area contributed by atoms with Crippen molar-refractivity contribution < 1.29 is 9.84 Å². The lowest BCUT2D eigenvalue weighted by atomic mass is 9.94. The second kappa shape index (κ2) is 5.66. The average Bonchev–Trinajstić information content (AvgIpc) is 2.39. The highest BCUT2D eigenvalue weighted by atomic mass is 35.5. The van der Waals surface area contributed by atoms with E-state index >= 15 is 0 Å². The van der Waals surface area contributed by atoms with Gasteiger partial charge in [-0.2, -0.15) is 4.98 Å². The van der Waals surface area contributed by atoms with Crippen LogP contribution in [0.1, 0.15) is 12.8 Å². The van der Waals surface area contributed by atoms with Crippen molar-refractivity contribution in [2.45, 2.75) is 18.4 Å². The fraction of sp³-hybridized carbons (Fsp3) is 0.600. The van der Waals surface area contributed by atoms with E-state index in [4.69, 9.17) is 22.2 Å². The van der Waals surface area contributed by atoms with Crippen LogP contribution >= 0.6 is 11.6 Å². The Hall–Kier alpha value is -1.15. The molecule has 2 rings (SSSR count). The number of nitrogens with zero attached hydrogens (tertiary/aromatic N) is 2. The Bertz CT molecular complexity index is 411. The van der Waals surface area contributed by atoms with Gasteiger partial charge in [-0.15, -0.1) is 0 Å². The maximum Gasteiger partial charge on any atom is 0.239 e. The van der Waals surface area contributed by atoms with Gasteiger partial charge in [0, 0.05) is 32.6 Å². The number of anilines is 2. The van der Waals surface area contributed by atoms with Crippen LogP contribution < -0.4 is 16.6 Å². The number of nitrogen functional groups attached to an aromatic ring is 1. The van der Waals surface area contributed by atoms with Crippen LogP contribution in [0.2, 0.25) is 5.02 Å². The average molecular weight is 274 g/mol. The zero-order chi connectivity index (χ0) is 13.0. The summed E-state index contributed by atoms with van der Waals surface area (Å²) in [6.45, 7) is 1.48. The Balaban J connectivity index is 2.00. The number of aliphatic hydroxyl groups is 1. The second-order valence-electron chi connectivity index (χ2n) is 4.22. The summed E-state index contributed by atoms with van der Waals surface area (Å²) in [5.41, 5.74) is 1.55. The van der Waals surface area contributed by atoms with E-state index in [9.17, 15) is 5.11 Å². The van der Waals surface area contributed by atoms with Crippen molar-refractivity contribution in [1.29, 1.82) is 0 Å². The van der Waals surface area contributed by atoms with Crippen molar-refractivity contribution in [2.24, 2.45) is 5.84 Å². The number of aromatic nitrogens is 2. The molecule has 0 spiro atoms. The summed E-state index contributed by atoms with van der Waals surface area (Å²) in [5, 5.41) is 13.7.